The molecule has 0 aromatic carbocycles. The number of rotatable bonds is 1. The summed E-state index contributed by atoms with van der Waals surface area (Å²) in [5.41, 5.74) is 0.0266. The van der Waals surface area contributed by atoms with Crippen LogP contribution in [0, 0.1) is 22.7 Å². The Morgan fingerprint density at radius 3 is 2.61 bits per heavy atom. The molecule has 2 aliphatic carbocycles. The van der Waals surface area contributed by atoms with Gasteiger partial charge in [-0.3, -0.25) is 4.79 Å². The van der Waals surface area contributed by atoms with Crippen LogP contribution in [0.4, 0.5) is 0 Å². The van der Waals surface area contributed by atoms with E-state index in [0.29, 0.717) is 16.7 Å². The molecule has 0 aromatic heterocycles. The quantitative estimate of drug-likeness (QED) is 0.536. The lowest BCUT2D eigenvalue weighted by Gasteiger charge is -2.55. The zero-order chi connectivity index (χ0) is 13.6. The van der Waals surface area contributed by atoms with Gasteiger partial charge in [0.05, 0.1) is 12.5 Å². The van der Waals surface area contributed by atoms with Crippen LogP contribution >= 0.6 is 15.9 Å². The summed E-state index contributed by atoms with van der Waals surface area (Å²) in [6.45, 7) is 6.90. The Morgan fingerprint density at radius 1 is 1.33 bits per heavy atom. The fourth-order valence-electron chi connectivity index (χ4n) is 4.44. The molecule has 104 valence electrons. The first-order chi connectivity index (χ1) is 8.33. The first kappa shape index (κ1) is 14.4. The summed E-state index contributed by atoms with van der Waals surface area (Å²) < 4.78 is 5.17. The Labute approximate surface area is 119 Å². The van der Waals surface area contributed by atoms with Crippen LogP contribution in [0.3, 0.4) is 0 Å². The van der Waals surface area contributed by atoms with Gasteiger partial charge in [-0.1, -0.05) is 43.1 Å². The summed E-state index contributed by atoms with van der Waals surface area (Å²) in [6, 6.07) is 0. The van der Waals surface area contributed by atoms with Crippen molar-refractivity contribution >= 4 is 21.9 Å². The highest BCUT2D eigenvalue weighted by Gasteiger charge is 2.58. The minimum Gasteiger partial charge on any atom is -0.469 e. The van der Waals surface area contributed by atoms with Crippen LogP contribution in [0.15, 0.2) is 0 Å². The molecule has 18 heavy (non-hydrogen) atoms. The number of fused-ring (bicyclic) bond motifs is 1. The summed E-state index contributed by atoms with van der Waals surface area (Å²) in [6.07, 6.45) is 5.47. The molecule has 0 spiro atoms. The van der Waals surface area contributed by atoms with Crippen LogP contribution in [0.25, 0.3) is 0 Å². The first-order valence-electron chi connectivity index (χ1n) is 7.06. The molecule has 0 bridgehead atoms. The largest absolute Gasteiger partial charge is 0.469 e. The standard InChI is InChI=1S/C15H25BrO2/c1-10-9-15(13(17)18-4)7-5-6-14(2,3)12(15)8-11(10)16/h10-12H,5-9H2,1-4H3/t10?,11?,12-,15+/m0/s1. The van der Waals surface area contributed by atoms with E-state index in [2.05, 4.69) is 36.7 Å². The smallest absolute Gasteiger partial charge is 0.312 e. The molecule has 0 saturated heterocycles. The second kappa shape index (κ2) is 4.81. The van der Waals surface area contributed by atoms with Crippen molar-refractivity contribution in [3.8, 4) is 0 Å². The van der Waals surface area contributed by atoms with Crippen molar-refractivity contribution < 1.29 is 9.53 Å². The molecular weight excluding hydrogens is 292 g/mol. The van der Waals surface area contributed by atoms with Gasteiger partial charge in [-0.2, -0.15) is 0 Å². The first-order valence-corrected chi connectivity index (χ1v) is 7.97. The highest BCUT2D eigenvalue weighted by molar-refractivity contribution is 9.09. The lowest BCUT2D eigenvalue weighted by atomic mass is 9.49. The second-order valence-electron chi connectivity index (χ2n) is 6.98. The monoisotopic (exact) mass is 316 g/mol. The molecule has 2 rings (SSSR count). The van der Waals surface area contributed by atoms with Crippen molar-refractivity contribution in [1.29, 1.82) is 0 Å². The minimum atomic E-state index is -0.222. The molecule has 0 heterocycles. The third-order valence-corrected chi connectivity index (χ3v) is 6.69. The van der Waals surface area contributed by atoms with Gasteiger partial charge in [0, 0.05) is 4.83 Å². The minimum absolute atomic E-state index is 0.0338. The van der Waals surface area contributed by atoms with Crippen LogP contribution in [0.1, 0.15) is 52.9 Å². The predicted octanol–water partition coefficient (Wildman–Crippen LogP) is 4.17. The van der Waals surface area contributed by atoms with Gasteiger partial charge in [0.25, 0.3) is 0 Å². The molecule has 0 N–H and O–H groups in total. The van der Waals surface area contributed by atoms with Crippen molar-refractivity contribution in [2.75, 3.05) is 7.11 Å². The van der Waals surface area contributed by atoms with Crippen molar-refractivity contribution in [3.05, 3.63) is 0 Å². The summed E-state index contributed by atoms with van der Waals surface area (Å²) in [4.78, 5) is 13.0. The summed E-state index contributed by atoms with van der Waals surface area (Å²) in [7, 11) is 1.54. The molecule has 0 amide bonds. The Kier molecular flexibility index (Phi) is 3.84. The summed E-state index contributed by atoms with van der Waals surface area (Å²) >= 11 is 3.81. The van der Waals surface area contributed by atoms with E-state index in [1.807, 2.05) is 0 Å². The van der Waals surface area contributed by atoms with E-state index in [1.165, 1.54) is 6.42 Å². The predicted molar refractivity (Wildman–Crippen MR) is 76.7 cm³/mol. The van der Waals surface area contributed by atoms with Gasteiger partial charge in [-0.05, 0) is 42.9 Å². The molecule has 2 fully saturated rings. The number of carbonyl (C=O) groups is 1. The highest BCUT2D eigenvalue weighted by atomic mass is 79.9. The molecular formula is C15H25BrO2. The summed E-state index contributed by atoms with van der Waals surface area (Å²) in [5.74, 6) is 1.03. The number of halogens is 1. The number of alkyl halides is 1. The van der Waals surface area contributed by atoms with Gasteiger partial charge in [-0.15, -0.1) is 0 Å². The van der Waals surface area contributed by atoms with Crippen molar-refractivity contribution in [2.45, 2.75) is 57.7 Å². The number of hydrogen-bond donors (Lipinski definition) is 0. The van der Waals surface area contributed by atoms with Gasteiger partial charge < -0.3 is 4.74 Å². The van der Waals surface area contributed by atoms with Crippen molar-refractivity contribution in [1.82, 2.24) is 0 Å². The van der Waals surface area contributed by atoms with Gasteiger partial charge in [0.15, 0.2) is 0 Å². The molecule has 2 nitrogen and oxygen atoms in total. The maximum absolute atomic E-state index is 12.4. The molecule has 2 aliphatic rings. The van der Waals surface area contributed by atoms with E-state index < -0.39 is 0 Å². The zero-order valence-electron chi connectivity index (χ0n) is 12.0. The maximum atomic E-state index is 12.4. The normalized spacial score (nSPS) is 43.1. The number of methoxy groups -OCH3 is 1. The average molecular weight is 317 g/mol. The lowest BCUT2D eigenvalue weighted by molar-refractivity contribution is -0.171. The van der Waals surface area contributed by atoms with Crippen LogP contribution in [0.2, 0.25) is 0 Å². The second-order valence-corrected chi connectivity index (χ2v) is 8.15. The van der Waals surface area contributed by atoms with Crippen LogP contribution in [0.5, 0.6) is 0 Å². The molecule has 4 atom stereocenters. The van der Waals surface area contributed by atoms with E-state index in [0.717, 1.165) is 25.7 Å². The SMILES string of the molecule is COC(=O)[C@@]12CCCC(C)(C)[C@@H]1CC(Br)C(C)C2. The highest BCUT2D eigenvalue weighted by Crippen LogP contribution is 2.60. The average Bonchev–Trinajstić information content (AvgIpc) is 2.30. The maximum Gasteiger partial charge on any atom is 0.312 e. The van der Waals surface area contributed by atoms with Gasteiger partial charge in [0.2, 0.25) is 0 Å². The van der Waals surface area contributed by atoms with E-state index in [1.54, 1.807) is 7.11 Å². The van der Waals surface area contributed by atoms with Crippen LogP contribution in [-0.4, -0.2) is 17.9 Å². The molecule has 0 radical (unpaired) electrons. The third-order valence-electron chi connectivity index (χ3n) is 5.41. The Bertz CT molecular complexity index is 339. The fraction of sp³-hybridized carbons (Fsp3) is 0.933. The number of hydrogen-bond acceptors (Lipinski definition) is 2. The van der Waals surface area contributed by atoms with Crippen molar-refractivity contribution in [2.24, 2.45) is 22.7 Å². The van der Waals surface area contributed by atoms with Gasteiger partial charge >= 0.3 is 5.97 Å². The Morgan fingerprint density at radius 2 is 2.00 bits per heavy atom. The Balaban J connectivity index is 2.39. The molecule has 3 heteroatoms. The molecule has 0 aliphatic heterocycles. The van der Waals surface area contributed by atoms with E-state index in [9.17, 15) is 4.79 Å². The van der Waals surface area contributed by atoms with Gasteiger partial charge in [0.1, 0.15) is 0 Å². The lowest BCUT2D eigenvalue weighted by Crippen LogP contribution is -2.54. The molecule has 2 unspecified atom stereocenters. The van der Waals surface area contributed by atoms with Crippen LogP contribution in [-0.2, 0) is 9.53 Å². The molecule has 0 aromatic rings. The van der Waals surface area contributed by atoms with E-state index in [-0.39, 0.29) is 16.8 Å². The number of esters is 1. The van der Waals surface area contributed by atoms with E-state index >= 15 is 0 Å². The number of carbonyl (C=O) groups excluding carboxylic acids is 1. The van der Waals surface area contributed by atoms with Gasteiger partial charge in [-0.25, -0.2) is 0 Å². The Hall–Kier alpha value is -0.0500. The van der Waals surface area contributed by atoms with Crippen LogP contribution < -0.4 is 0 Å². The summed E-state index contributed by atoms with van der Waals surface area (Å²) in [5, 5.41) is 0. The van der Waals surface area contributed by atoms with Crippen molar-refractivity contribution in [3.63, 3.8) is 0 Å². The fourth-order valence-corrected chi connectivity index (χ4v) is 5.00. The third kappa shape index (κ3) is 2.13. The zero-order valence-corrected chi connectivity index (χ0v) is 13.5. The van der Waals surface area contributed by atoms with E-state index in [4.69, 9.17) is 4.74 Å². The molecule has 2 saturated carbocycles. The number of ether oxygens (including phenoxy) is 1. The topological polar surface area (TPSA) is 26.3 Å².